The fourth-order valence-electron chi connectivity index (χ4n) is 2.45. The van der Waals surface area contributed by atoms with Crippen molar-refractivity contribution in [1.82, 2.24) is 17.8 Å². The molecule has 0 aliphatic carbocycles. The fourth-order valence-corrected chi connectivity index (χ4v) is 26.3. The molecule has 0 aromatic rings. The summed E-state index contributed by atoms with van der Waals surface area (Å²) in [6, 6.07) is 0. The lowest BCUT2D eigenvalue weighted by Gasteiger charge is -2.58. The molecule has 1 fully saturated rings. The smallest absolute Gasteiger partial charge is 0.172 e. The number of hydrogen-bond donors (Lipinski definition) is 2. The van der Waals surface area contributed by atoms with Gasteiger partial charge in [-0.2, -0.15) is 0 Å². The molecule has 8 heteroatoms. The molecular weight excluding hydrogens is 240 g/mol. The molecule has 0 bridgehead atoms. The maximum absolute atomic E-state index is 3.51. The van der Waals surface area contributed by atoms with Crippen LogP contribution in [-0.4, -0.2) is 58.4 Å². The monoisotopic (exact) mass is 264 g/mol. The molecule has 84 valence electrons. The zero-order valence-corrected chi connectivity index (χ0v) is 14.8. The first-order valence-corrected chi connectivity index (χ1v) is 14.3. The Kier molecular flexibility index (Phi) is 4.71. The molecule has 2 N–H and O–H groups in total. The van der Waals surface area contributed by atoms with Crippen LogP contribution in [0.3, 0.4) is 0 Å². The summed E-state index contributed by atoms with van der Waals surface area (Å²) in [6.45, 7) is 9.84. The normalized spacial score (nSPS) is 33.9. The van der Waals surface area contributed by atoms with Crippen LogP contribution >= 0.6 is 0 Å². The third kappa shape index (κ3) is 2.11. The number of nitrogens with one attached hydrogen (secondary N) is 2. The van der Waals surface area contributed by atoms with Gasteiger partial charge in [-0.25, -0.2) is 0 Å². The second kappa shape index (κ2) is 5.16. The van der Waals surface area contributed by atoms with Crippen LogP contribution < -0.4 is 9.96 Å². The molecule has 0 saturated carbocycles. The van der Waals surface area contributed by atoms with Gasteiger partial charge in [0, 0.05) is 0 Å². The van der Waals surface area contributed by atoms with Crippen molar-refractivity contribution < 1.29 is 0 Å². The van der Waals surface area contributed by atoms with E-state index < -0.39 is 36.5 Å². The molecule has 0 aromatic carbocycles. The fraction of sp³-hybridized carbons (Fsp3) is 1.00. The van der Waals surface area contributed by atoms with Crippen molar-refractivity contribution >= 4 is 36.5 Å². The first kappa shape index (κ1) is 12.8. The summed E-state index contributed by atoms with van der Waals surface area (Å²) in [5.41, 5.74) is 0. The summed E-state index contributed by atoms with van der Waals surface area (Å²) < 4.78 is 5.84. The van der Waals surface area contributed by atoms with E-state index in [-0.39, 0.29) is 0 Å². The van der Waals surface area contributed by atoms with Gasteiger partial charge in [0.1, 0.15) is 0 Å². The van der Waals surface area contributed by atoms with Crippen LogP contribution in [0, 0.1) is 0 Å². The molecule has 4 nitrogen and oxygen atoms in total. The van der Waals surface area contributed by atoms with Crippen LogP contribution in [0.2, 0.25) is 26.2 Å². The Morgan fingerprint density at radius 2 is 1.14 bits per heavy atom. The van der Waals surface area contributed by atoms with Crippen LogP contribution in [-0.2, 0) is 0 Å². The molecule has 0 amide bonds. The number of hydrogen-bond acceptors (Lipinski definition) is 4. The summed E-state index contributed by atoms with van der Waals surface area (Å²) in [7, 11) is 1.42. The van der Waals surface area contributed by atoms with Crippen LogP contribution in [0.4, 0.5) is 0 Å². The van der Waals surface area contributed by atoms with Crippen molar-refractivity contribution in [1.29, 1.82) is 0 Å². The molecule has 2 atom stereocenters. The SMILES string of the molecule is CN[SiH](C)N1[SiH](C)N([SiH](C)NC)[SiH]1C. The summed E-state index contributed by atoms with van der Waals surface area (Å²) in [4.78, 5) is 7.02. The molecule has 1 aliphatic rings. The van der Waals surface area contributed by atoms with Gasteiger partial charge in [-0.05, 0) is 40.3 Å². The van der Waals surface area contributed by atoms with Crippen molar-refractivity contribution in [3.8, 4) is 0 Å². The van der Waals surface area contributed by atoms with Crippen molar-refractivity contribution in [2.24, 2.45) is 0 Å². The topological polar surface area (TPSA) is 30.5 Å². The van der Waals surface area contributed by atoms with E-state index in [4.69, 9.17) is 0 Å². The lowest BCUT2D eigenvalue weighted by Crippen LogP contribution is -2.84. The standard InChI is InChI=1S/C6H24N4Si4/c1-7-11(3)9-13(5)10(14(9)6)12(4)8-2/h7-8,11-14H,1-6H3. The van der Waals surface area contributed by atoms with E-state index in [9.17, 15) is 0 Å². The summed E-state index contributed by atoms with van der Waals surface area (Å²) in [6.07, 6.45) is 0. The van der Waals surface area contributed by atoms with Crippen molar-refractivity contribution in [3.05, 3.63) is 0 Å². The second-order valence-corrected chi connectivity index (χ2v) is 17.6. The largest absolute Gasteiger partial charge is 0.341 e. The Morgan fingerprint density at radius 3 is 1.36 bits per heavy atom. The molecule has 1 aliphatic heterocycles. The van der Waals surface area contributed by atoms with E-state index in [0.29, 0.717) is 0 Å². The third-order valence-electron chi connectivity index (χ3n) is 3.46. The Labute approximate surface area is 94.7 Å². The highest BCUT2D eigenvalue weighted by Crippen LogP contribution is 2.21. The minimum atomic E-state index is -0.736. The average Bonchev–Trinajstić information content (AvgIpc) is 2.17. The quantitative estimate of drug-likeness (QED) is 0.602. The maximum atomic E-state index is 3.51. The van der Waals surface area contributed by atoms with E-state index in [1.807, 2.05) is 0 Å². The first-order valence-electron chi connectivity index (χ1n) is 5.44. The van der Waals surface area contributed by atoms with Gasteiger partial charge in [0.25, 0.3) is 0 Å². The van der Waals surface area contributed by atoms with Gasteiger partial charge in [-0.15, -0.1) is 0 Å². The molecule has 1 saturated heterocycles. The Balaban J connectivity index is 2.56. The van der Waals surface area contributed by atoms with Gasteiger partial charge in [-0.1, -0.05) is 0 Å². The van der Waals surface area contributed by atoms with Crippen molar-refractivity contribution in [3.63, 3.8) is 0 Å². The Morgan fingerprint density at radius 1 is 0.857 bits per heavy atom. The van der Waals surface area contributed by atoms with Crippen LogP contribution in [0.15, 0.2) is 0 Å². The Bertz CT molecular complexity index is 167. The van der Waals surface area contributed by atoms with Gasteiger partial charge in [0.2, 0.25) is 0 Å². The van der Waals surface area contributed by atoms with E-state index in [2.05, 4.69) is 58.0 Å². The highest BCUT2D eigenvalue weighted by Gasteiger charge is 2.46. The molecule has 0 radical (unpaired) electrons. The zero-order valence-electron chi connectivity index (χ0n) is 10.2. The number of nitrogens with zero attached hydrogens (tertiary/aromatic N) is 2. The number of rotatable bonds is 4. The minimum Gasteiger partial charge on any atom is -0.341 e. The molecule has 0 aromatic heterocycles. The first-order chi connectivity index (χ1) is 6.54. The van der Waals surface area contributed by atoms with Crippen molar-refractivity contribution in [2.45, 2.75) is 26.2 Å². The van der Waals surface area contributed by atoms with Gasteiger partial charge in [0.15, 0.2) is 36.5 Å². The van der Waals surface area contributed by atoms with E-state index in [1.165, 1.54) is 0 Å². The summed E-state index contributed by atoms with van der Waals surface area (Å²) >= 11 is 0. The lowest BCUT2D eigenvalue weighted by molar-refractivity contribution is 0.686. The van der Waals surface area contributed by atoms with Gasteiger partial charge in [-0.3, -0.25) is 0 Å². The molecule has 1 rings (SSSR count). The lowest BCUT2D eigenvalue weighted by atomic mass is 11.6. The van der Waals surface area contributed by atoms with Gasteiger partial charge >= 0.3 is 0 Å². The molecule has 14 heavy (non-hydrogen) atoms. The highest BCUT2D eigenvalue weighted by molar-refractivity contribution is 7.01. The van der Waals surface area contributed by atoms with Gasteiger partial charge < -0.3 is 17.8 Å². The van der Waals surface area contributed by atoms with Gasteiger partial charge in [0.05, 0.1) is 0 Å². The van der Waals surface area contributed by atoms with E-state index in [0.717, 1.165) is 0 Å². The minimum absolute atomic E-state index is 0.681. The van der Waals surface area contributed by atoms with E-state index >= 15 is 0 Å². The third-order valence-corrected chi connectivity index (χ3v) is 26.1. The predicted octanol–water partition coefficient (Wildman–Crippen LogP) is -1.56. The molecule has 2 unspecified atom stereocenters. The highest BCUT2D eigenvalue weighted by atomic mass is 28.5. The predicted molar refractivity (Wildman–Crippen MR) is 73.8 cm³/mol. The molecule has 1 heterocycles. The van der Waals surface area contributed by atoms with Crippen LogP contribution in [0.1, 0.15) is 0 Å². The molecular formula is C6H24N4Si4. The van der Waals surface area contributed by atoms with Crippen LogP contribution in [0.25, 0.3) is 0 Å². The zero-order chi connectivity index (χ0) is 10.9. The maximum Gasteiger partial charge on any atom is 0.172 e. The summed E-state index contributed by atoms with van der Waals surface area (Å²) in [5, 5.41) is 0. The Hall–Kier alpha value is 0.708. The average molecular weight is 265 g/mol. The molecule has 0 spiro atoms. The van der Waals surface area contributed by atoms with Crippen molar-refractivity contribution in [2.75, 3.05) is 14.1 Å². The summed E-state index contributed by atoms with van der Waals surface area (Å²) in [5.74, 6) is 0. The van der Waals surface area contributed by atoms with Crippen LogP contribution in [0.5, 0.6) is 0 Å². The second-order valence-electron chi connectivity index (χ2n) is 4.09. The van der Waals surface area contributed by atoms with E-state index in [1.54, 1.807) is 0 Å².